The molecule has 0 aromatic heterocycles. The van der Waals surface area contributed by atoms with Crippen LogP contribution in [0.1, 0.15) is 61.3 Å². The summed E-state index contributed by atoms with van der Waals surface area (Å²) in [6, 6.07) is 5.36. The molecule has 1 aromatic carbocycles. The number of carbonyl (C=O) groups is 3. The van der Waals surface area contributed by atoms with Crippen molar-refractivity contribution in [1.29, 1.82) is 0 Å². The molecule has 0 unspecified atom stereocenters. The zero-order valence-electron chi connectivity index (χ0n) is 26.1. The maximum Gasteiger partial charge on any atom is 0.270 e. The molecule has 1 aromatic rings. The van der Waals surface area contributed by atoms with Gasteiger partial charge in [-0.2, -0.15) is 0 Å². The Morgan fingerprint density at radius 3 is 2.54 bits per heavy atom. The number of hydrogen-bond acceptors (Lipinski definition) is 7. The lowest BCUT2D eigenvalue weighted by Gasteiger charge is -2.40. The molecule has 10 heteroatoms. The highest BCUT2D eigenvalue weighted by Crippen LogP contribution is 2.41. The first kappa shape index (κ1) is 32.8. The number of amides is 3. The number of nitrogens with one attached hydrogen (secondary N) is 2. The summed E-state index contributed by atoms with van der Waals surface area (Å²) >= 11 is 0. The molecule has 3 amide bonds. The maximum absolute atomic E-state index is 14.0. The topological polar surface area (TPSA) is 109 Å². The lowest BCUT2D eigenvalue weighted by Crippen LogP contribution is -2.53. The Morgan fingerprint density at radius 1 is 1.20 bits per heavy atom. The minimum Gasteiger partial charge on any atom is -0.476 e. The summed E-state index contributed by atoms with van der Waals surface area (Å²) < 4.78 is 16.8. The first-order valence-corrected chi connectivity index (χ1v) is 15.0. The van der Waals surface area contributed by atoms with Gasteiger partial charge in [-0.1, -0.05) is 13.8 Å². The summed E-state index contributed by atoms with van der Waals surface area (Å²) in [6.45, 7) is 16.6. The van der Waals surface area contributed by atoms with Gasteiger partial charge >= 0.3 is 0 Å². The van der Waals surface area contributed by atoms with Crippen LogP contribution in [0.15, 0.2) is 18.2 Å². The second kappa shape index (κ2) is 14.5. The molecule has 0 bridgehead atoms. The third-order valence-corrected chi connectivity index (χ3v) is 7.83. The van der Waals surface area contributed by atoms with E-state index >= 15 is 0 Å². The van der Waals surface area contributed by atoms with Crippen LogP contribution in [0.5, 0.6) is 5.75 Å². The largest absolute Gasteiger partial charge is 0.476 e. The van der Waals surface area contributed by atoms with Crippen LogP contribution >= 0.6 is 0 Å². The normalized spacial score (nSPS) is 20.9. The van der Waals surface area contributed by atoms with Gasteiger partial charge < -0.3 is 34.6 Å². The Morgan fingerprint density at radius 2 is 1.90 bits per heavy atom. The minimum atomic E-state index is -0.990. The predicted octanol–water partition coefficient (Wildman–Crippen LogP) is 3.37. The molecule has 2 N–H and O–H groups in total. The molecule has 3 atom stereocenters. The fraction of sp³-hybridized carbons (Fsp3) is 0.710. The highest BCUT2D eigenvalue weighted by atomic mass is 16.5. The molecule has 1 fully saturated rings. The molecule has 0 radical (unpaired) electrons. The van der Waals surface area contributed by atoms with E-state index in [1.54, 1.807) is 30.8 Å². The van der Waals surface area contributed by atoms with E-state index in [4.69, 9.17) is 14.2 Å². The minimum absolute atomic E-state index is 0.0472. The highest BCUT2D eigenvalue weighted by Gasteiger charge is 2.41. The molecule has 0 saturated carbocycles. The smallest absolute Gasteiger partial charge is 0.270 e. The van der Waals surface area contributed by atoms with Crippen LogP contribution < -0.4 is 25.2 Å². The van der Waals surface area contributed by atoms with Crippen molar-refractivity contribution in [2.45, 2.75) is 79.0 Å². The quantitative estimate of drug-likeness (QED) is 0.348. The first-order valence-electron chi connectivity index (χ1n) is 15.0. The van der Waals surface area contributed by atoms with Crippen LogP contribution in [-0.4, -0.2) is 82.0 Å². The van der Waals surface area contributed by atoms with Crippen molar-refractivity contribution >= 4 is 29.1 Å². The van der Waals surface area contributed by atoms with Crippen LogP contribution in [0.3, 0.4) is 0 Å². The third-order valence-electron chi connectivity index (χ3n) is 7.83. The molecule has 41 heavy (non-hydrogen) atoms. The van der Waals surface area contributed by atoms with Gasteiger partial charge in [0.15, 0.2) is 5.60 Å². The SMILES string of the molecule is CCOC[C@H](NC(=O)[C@@H]1CNC[C@H](C(=O)N(c2ccc3c(c2)N(CCCOC)C(=O)C(C)(C)O3)C(C)C)C1)C(C)C. The van der Waals surface area contributed by atoms with E-state index in [2.05, 4.69) is 24.5 Å². The molecule has 1 saturated heterocycles. The summed E-state index contributed by atoms with van der Waals surface area (Å²) in [5.74, 6) is -0.0722. The number of fused-ring (bicyclic) bond motifs is 1. The van der Waals surface area contributed by atoms with Gasteiger partial charge in [-0.15, -0.1) is 0 Å². The van der Waals surface area contributed by atoms with Crippen LogP contribution in [0.25, 0.3) is 0 Å². The van der Waals surface area contributed by atoms with Crippen LogP contribution in [-0.2, 0) is 23.9 Å². The van der Waals surface area contributed by atoms with Crippen molar-refractivity contribution in [3.05, 3.63) is 18.2 Å². The summed E-state index contributed by atoms with van der Waals surface area (Å²) in [7, 11) is 1.64. The van der Waals surface area contributed by atoms with Gasteiger partial charge in [0.2, 0.25) is 11.8 Å². The van der Waals surface area contributed by atoms with Gasteiger partial charge in [0.25, 0.3) is 5.91 Å². The van der Waals surface area contributed by atoms with Crippen molar-refractivity contribution in [2.24, 2.45) is 17.8 Å². The number of piperidine rings is 1. The Bertz CT molecular complexity index is 1060. The summed E-state index contributed by atoms with van der Waals surface area (Å²) in [5.41, 5.74) is 0.351. The van der Waals surface area contributed by atoms with Crippen LogP contribution in [0, 0.1) is 17.8 Å². The van der Waals surface area contributed by atoms with Crippen molar-refractivity contribution in [3.8, 4) is 5.75 Å². The fourth-order valence-corrected chi connectivity index (χ4v) is 5.45. The van der Waals surface area contributed by atoms with E-state index in [1.807, 2.05) is 39.0 Å². The van der Waals surface area contributed by atoms with E-state index < -0.39 is 5.60 Å². The molecular formula is C31H50N4O6. The molecule has 0 spiro atoms. The summed E-state index contributed by atoms with van der Waals surface area (Å²) in [6.07, 6.45) is 1.14. The molecule has 230 valence electrons. The number of ether oxygens (including phenoxy) is 3. The summed E-state index contributed by atoms with van der Waals surface area (Å²) in [4.78, 5) is 44.0. The average molecular weight is 575 g/mol. The van der Waals surface area contributed by atoms with E-state index in [9.17, 15) is 14.4 Å². The molecule has 2 aliphatic heterocycles. The number of carbonyl (C=O) groups excluding carboxylic acids is 3. The second-order valence-corrected chi connectivity index (χ2v) is 12.2. The molecule has 2 aliphatic rings. The summed E-state index contributed by atoms with van der Waals surface area (Å²) in [5, 5.41) is 6.46. The Balaban J connectivity index is 1.82. The molecule has 10 nitrogen and oxygen atoms in total. The molecule has 2 heterocycles. The monoisotopic (exact) mass is 574 g/mol. The number of rotatable bonds is 13. The van der Waals surface area contributed by atoms with Crippen molar-refractivity contribution < 1.29 is 28.6 Å². The van der Waals surface area contributed by atoms with E-state index in [1.165, 1.54) is 0 Å². The number of nitrogens with zero attached hydrogens (tertiary/aromatic N) is 2. The van der Waals surface area contributed by atoms with E-state index in [0.717, 1.165) is 0 Å². The Kier molecular flexibility index (Phi) is 11.6. The zero-order valence-corrected chi connectivity index (χ0v) is 26.1. The Hall–Kier alpha value is -2.69. The van der Waals surface area contributed by atoms with Gasteiger partial charge in [0.1, 0.15) is 5.75 Å². The van der Waals surface area contributed by atoms with Gasteiger partial charge in [0, 0.05) is 51.7 Å². The number of benzene rings is 1. The molecular weight excluding hydrogens is 524 g/mol. The number of hydrogen-bond donors (Lipinski definition) is 2. The first-order chi connectivity index (χ1) is 19.4. The van der Waals surface area contributed by atoms with E-state index in [-0.39, 0.29) is 47.6 Å². The number of methoxy groups -OCH3 is 1. The predicted molar refractivity (Wildman–Crippen MR) is 160 cm³/mol. The van der Waals surface area contributed by atoms with E-state index in [0.29, 0.717) is 69.4 Å². The van der Waals surface area contributed by atoms with Gasteiger partial charge in [0.05, 0.1) is 30.2 Å². The second-order valence-electron chi connectivity index (χ2n) is 12.2. The van der Waals surface area contributed by atoms with Crippen LogP contribution in [0.4, 0.5) is 11.4 Å². The van der Waals surface area contributed by atoms with Crippen LogP contribution in [0.2, 0.25) is 0 Å². The molecule has 3 rings (SSSR count). The lowest BCUT2D eigenvalue weighted by atomic mass is 9.88. The Labute approximate surface area is 245 Å². The maximum atomic E-state index is 14.0. The standard InChI is InChI=1S/C31H50N4O6/c1-9-40-19-25(20(2)3)33-28(36)22-15-23(18-32-17-22)29(37)35(21(4)5)24-11-12-27-26(16-24)34(13-10-14-39-8)30(38)31(6,7)41-27/h11-12,16,20-23,25,32H,9-10,13-15,17-19H2,1-8H3,(H,33,36)/t22-,23+,25-/m0/s1. The third kappa shape index (κ3) is 7.99. The fourth-order valence-electron chi connectivity index (χ4n) is 5.45. The van der Waals surface area contributed by atoms with Crippen molar-refractivity contribution in [1.82, 2.24) is 10.6 Å². The number of anilines is 2. The average Bonchev–Trinajstić information content (AvgIpc) is 2.93. The van der Waals surface area contributed by atoms with Crippen molar-refractivity contribution in [2.75, 3.05) is 56.4 Å². The highest BCUT2D eigenvalue weighted by molar-refractivity contribution is 6.04. The zero-order chi connectivity index (χ0) is 30.3. The van der Waals surface area contributed by atoms with Gasteiger partial charge in [-0.25, -0.2) is 0 Å². The van der Waals surface area contributed by atoms with Crippen molar-refractivity contribution in [3.63, 3.8) is 0 Å². The molecule has 0 aliphatic carbocycles. The van der Waals surface area contributed by atoms with Gasteiger partial charge in [-0.3, -0.25) is 14.4 Å². The lowest BCUT2D eigenvalue weighted by molar-refractivity contribution is -0.132. The van der Waals surface area contributed by atoms with Gasteiger partial charge in [-0.05, 0) is 71.6 Å².